The maximum Gasteiger partial charge on any atom is 0.243 e. The predicted molar refractivity (Wildman–Crippen MR) is 169 cm³/mol. The van der Waals surface area contributed by atoms with E-state index in [0.29, 0.717) is 58.1 Å². The van der Waals surface area contributed by atoms with E-state index < -0.39 is 10.0 Å². The number of ether oxygens (including phenoxy) is 1. The molecule has 0 bridgehead atoms. The number of fused-ring (bicyclic) bond motifs is 2. The minimum Gasteiger partial charge on any atom is -0.378 e. The van der Waals surface area contributed by atoms with Crippen molar-refractivity contribution in [3.8, 4) is 11.4 Å². The van der Waals surface area contributed by atoms with E-state index in [2.05, 4.69) is 27.0 Å². The minimum absolute atomic E-state index is 0.302. The molecule has 15 heteroatoms. The molecule has 2 aliphatic rings. The van der Waals surface area contributed by atoms with E-state index >= 15 is 0 Å². The van der Waals surface area contributed by atoms with Crippen LogP contribution in [0.3, 0.4) is 0 Å². The molecule has 1 aromatic carbocycles. The van der Waals surface area contributed by atoms with Gasteiger partial charge in [0.15, 0.2) is 11.6 Å². The average molecular weight is 643 g/mol. The highest BCUT2D eigenvalue weighted by Crippen LogP contribution is 2.36. The zero-order valence-electron chi connectivity index (χ0n) is 24.8. The molecule has 0 unspecified atom stereocenters. The molecule has 4 aromatic rings. The Morgan fingerprint density at radius 3 is 2.61 bits per heavy atom. The Kier molecular flexibility index (Phi) is 9.40. The molecular weight excluding hydrogens is 605 g/mol. The highest BCUT2D eigenvalue weighted by Gasteiger charge is 2.25. The summed E-state index contributed by atoms with van der Waals surface area (Å²) in [6.45, 7) is 6.67. The second-order valence-electron chi connectivity index (χ2n) is 11.3. The molecule has 236 valence electrons. The number of aromatic nitrogens is 4. The summed E-state index contributed by atoms with van der Waals surface area (Å²) in [6.07, 6.45) is 5.87. The summed E-state index contributed by atoms with van der Waals surface area (Å²) in [5.41, 5.74) is 4.51. The molecule has 1 amide bonds. The summed E-state index contributed by atoms with van der Waals surface area (Å²) in [4.78, 5) is 27.2. The molecule has 5 heterocycles. The normalized spacial score (nSPS) is 17.1. The maximum atomic E-state index is 11.9. The number of hydroxylamine groups is 1. The summed E-state index contributed by atoms with van der Waals surface area (Å²) in [5, 5.41) is 14.3. The molecule has 44 heavy (non-hydrogen) atoms. The van der Waals surface area contributed by atoms with Gasteiger partial charge in [-0.1, -0.05) is 18.6 Å². The van der Waals surface area contributed by atoms with Crippen molar-refractivity contribution in [3.05, 3.63) is 35.3 Å². The summed E-state index contributed by atoms with van der Waals surface area (Å²) < 4.78 is 34.1. The molecule has 2 saturated heterocycles. The Morgan fingerprint density at radius 2 is 1.86 bits per heavy atom. The lowest BCUT2D eigenvalue weighted by molar-refractivity contribution is -0.129. The van der Waals surface area contributed by atoms with E-state index in [0.717, 1.165) is 71.5 Å². The fourth-order valence-corrected chi connectivity index (χ4v) is 7.83. The summed E-state index contributed by atoms with van der Waals surface area (Å²) >= 11 is 1.71. The van der Waals surface area contributed by atoms with E-state index in [1.807, 2.05) is 23.0 Å². The Bertz CT molecular complexity index is 1730. The summed E-state index contributed by atoms with van der Waals surface area (Å²) in [7, 11) is -3.17. The lowest BCUT2D eigenvalue weighted by Crippen LogP contribution is -2.47. The molecule has 2 fully saturated rings. The van der Waals surface area contributed by atoms with Gasteiger partial charge in [-0.2, -0.15) is 9.40 Å². The topological polar surface area (TPSA) is 146 Å². The van der Waals surface area contributed by atoms with Crippen LogP contribution in [0.25, 0.3) is 32.5 Å². The van der Waals surface area contributed by atoms with Gasteiger partial charge in [0, 0.05) is 74.6 Å². The summed E-state index contributed by atoms with van der Waals surface area (Å²) in [6, 6.07) is 8.26. The number of carbonyl (C=O) groups excluding carboxylic acids is 1. The smallest absolute Gasteiger partial charge is 0.243 e. The SMILES string of the molecule is CS(=O)(=O)N1CCN(Cc2cc3nc(-c4cccc5c4cnn5CCCCCC(=O)NO)nc(N4CCOCC4)c3s2)CC1. The number of piperazine rings is 1. The van der Waals surface area contributed by atoms with Crippen LogP contribution >= 0.6 is 11.3 Å². The molecular formula is C29H38N8O5S2. The first-order chi connectivity index (χ1) is 21.3. The second-order valence-corrected chi connectivity index (χ2v) is 14.4. The van der Waals surface area contributed by atoms with Gasteiger partial charge in [0.2, 0.25) is 15.9 Å². The van der Waals surface area contributed by atoms with Crippen molar-refractivity contribution < 1.29 is 23.2 Å². The number of amides is 1. The average Bonchev–Trinajstić information content (AvgIpc) is 3.64. The first-order valence-electron chi connectivity index (χ1n) is 15.0. The third-order valence-corrected chi connectivity index (χ3v) is 10.6. The first kappa shape index (κ1) is 30.8. The van der Waals surface area contributed by atoms with Gasteiger partial charge in [-0.3, -0.25) is 19.6 Å². The van der Waals surface area contributed by atoms with Crippen LogP contribution in [-0.4, -0.2) is 107 Å². The largest absolute Gasteiger partial charge is 0.378 e. The number of morpholine rings is 1. The van der Waals surface area contributed by atoms with Crippen molar-refractivity contribution in [1.29, 1.82) is 0 Å². The number of benzene rings is 1. The lowest BCUT2D eigenvalue weighted by Gasteiger charge is -2.32. The lowest BCUT2D eigenvalue weighted by atomic mass is 10.1. The second kappa shape index (κ2) is 13.4. The monoisotopic (exact) mass is 642 g/mol. The number of carbonyl (C=O) groups is 1. The standard InChI is InChI=1S/C29H38N8O5S2/c1-44(40,41)36-12-10-34(11-13-36)20-21-18-24-27(43-21)29(35-14-16-42-17-15-35)32-28(31-24)22-6-5-7-25-23(22)19-30-37(25)9-4-2-3-8-26(38)33-39/h5-7,18-19,39H,2-4,8-17,20H2,1H3,(H,33,38). The van der Waals surface area contributed by atoms with E-state index in [1.54, 1.807) is 21.1 Å². The van der Waals surface area contributed by atoms with Crippen molar-refractivity contribution in [2.75, 3.05) is 63.6 Å². The molecule has 2 N–H and O–H groups in total. The van der Waals surface area contributed by atoms with Crippen molar-refractivity contribution in [2.24, 2.45) is 0 Å². The minimum atomic E-state index is -3.17. The molecule has 0 aliphatic carbocycles. The van der Waals surface area contributed by atoms with Crippen LogP contribution < -0.4 is 10.4 Å². The van der Waals surface area contributed by atoms with Gasteiger partial charge in [0.25, 0.3) is 0 Å². The number of hydrogen-bond donors (Lipinski definition) is 2. The number of nitrogens with one attached hydrogen (secondary N) is 1. The van der Waals surface area contributed by atoms with E-state index in [-0.39, 0.29) is 5.91 Å². The molecule has 0 radical (unpaired) electrons. The van der Waals surface area contributed by atoms with Crippen LogP contribution in [0.4, 0.5) is 5.82 Å². The fraction of sp³-hybridized carbons (Fsp3) is 0.517. The number of hydrogen-bond acceptors (Lipinski definition) is 11. The van der Waals surface area contributed by atoms with E-state index in [4.69, 9.17) is 19.9 Å². The van der Waals surface area contributed by atoms with Crippen LogP contribution in [0.1, 0.15) is 30.6 Å². The number of rotatable bonds is 11. The Labute approximate surface area is 260 Å². The number of unbranched alkanes of at least 4 members (excludes halogenated alkanes) is 2. The molecule has 2 aliphatic heterocycles. The van der Waals surface area contributed by atoms with E-state index in [1.165, 1.54) is 11.1 Å². The summed E-state index contributed by atoms with van der Waals surface area (Å²) in [5.74, 6) is 1.21. The Balaban J connectivity index is 1.26. The van der Waals surface area contributed by atoms with Crippen LogP contribution in [0.5, 0.6) is 0 Å². The Morgan fingerprint density at radius 1 is 1.07 bits per heavy atom. The van der Waals surface area contributed by atoms with Crippen molar-refractivity contribution in [2.45, 2.75) is 38.8 Å². The molecule has 13 nitrogen and oxygen atoms in total. The van der Waals surface area contributed by atoms with Crippen LogP contribution in [0.15, 0.2) is 30.5 Å². The van der Waals surface area contributed by atoms with Gasteiger partial charge in [-0.05, 0) is 25.0 Å². The zero-order valence-corrected chi connectivity index (χ0v) is 26.4. The number of sulfonamides is 1. The predicted octanol–water partition coefficient (Wildman–Crippen LogP) is 2.69. The quantitative estimate of drug-likeness (QED) is 0.142. The third-order valence-electron chi connectivity index (χ3n) is 8.22. The van der Waals surface area contributed by atoms with E-state index in [9.17, 15) is 13.2 Å². The van der Waals surface area contributed by atoms with Gasteiger partial charge in [-0.15, -0.1) is 11.3 Å². The number of thiophene rings is 1. The molecule has 3 aromatic heterocycles. The van der Waals surface area contributed by atoms with Gasteiger partial charge in [-0.25, -0.2) is 23.9 Å². The zero-order chi connectivity index (χ0) is 30.7. The maximum absolute atomic E-state index is 11.9. The van der Waals surface area contributed by atoms with Gasteiger partial charge in [0.1, 0.15) is 0 Å². The molecule has 6 rings (SSSR count). The van der Waals surface area contributed by atoms with Gasteiger partial charge < -0.3 is 9.64 Å². The number of anilines is 1. The number of aryl methyl sites for hydroxylation is 1. The van der Waals surface area contributed by atoms with Gasteiger partial charge >= 0.3 is 0 Å². The van der Waals surface area contributed by atoms with Crippen LogP contribution in [0.2, 0.25) is 0 Å². The van der Waals surface area contributed by atoms with Gasteiger partial charge in [0.05, 0.1) is 41.4 Å². The van der Waals surface area contributed by atoms with Crippen LogP contribution in [-0.2, 0) is 32.6 Å². The molecule has 0 atom stereocenters. The highest BCUT2D eigenvalue weighted by molar-refractivity contribution is 7.88. The Hall–Kier alpha value is -3.21. The number of nitrogens with zero attached hydrogens (tertiary/aromatic N) is 7. The van der Waals surface area contributed by atoms with Crippen molar-refractivity contribution >= 4 is 54.2 Å². The molecule has 0 spiro atoms. The molecule has 0 saturated carbocycles. The highest BCUT2D eigenvalue weighted by atomic mass is 32.2. The third kappa shape index (κ3) is 6.87. The van der Waals surface area contributed by atoms with Crippen molar-refractivity contribution in [3.63, 3.8) is 0 Å². The van der Waals surface area contributed by atoms with Crippen molar-refractivity contribution in [1.82, 2.24) is 34.4 Å². The fourth-order valence-electron chi connectivity index (χ4n) is 5.85. The first-order valence-corrected chi connectivity index (χ1v) is 17.6. The van der Waals surface area contributed by atoms with Crippen LogP contribution in [0, 0.1) is 0 Å².